The van der Waals surface area contributed by atoms with Crippen LogP contribution in [0.25, 0.3) is 0 Å². The van der Waals surface area contributed by atoms with Gasteiger partial charge in [0.25, 0.3) is 0 Å². The van der Waals surface area contributed by atoms with E-state index in [0.717, 1.165) is 22.3 Å². The highest BCUT2D eigenvalue weighted by molar-refractivity contribution is 5.27. The van der Waals surface area contributed by atoms with E-state index in [1.807, 2.05) is 97.9 Å². The minimum Gasteiger partial charge on any atom is -0.394 e. The van der Waals surface area contributed by atoms with Crippen LogP contribution in [0.3, 0.4) is 0 Å². The molecule has 0 bridgehead atoms. The minimum atomic E-state index is -0.634. The summed E-state index contributed by atoms with van der Waals surface area (Å²) in [6.07, 6.45) is -2.93. The standard InChI is InChI=1S/C32H34O5/c1-24(2)18-19-28-30(34-21-25-12-6-3-7-13-25)32(36-23-27-16-10-5-11-17-27)31(29(20-33)37-28)35-22-26-14-8-4-9-15-26/h3-17,28-33H,1,20-23H2,2H3/t28-,29-,30+,31+,32-/m1/s1. The summed E-state index contributed by atoms with van der Waals surface area (Å²) in [4.78, 5) is 0. The van der Waals surface area contributed by atoms with Crippen LogP contribution < -0.4 is 0 Å². The summed E-state index contributed by atoms with van der Waals surface area (Å²) < 4.78 is 25.6. The van der Waals surface area contributed by atoms with Crippen molar-refractivity contribution in [3.05, 3.63) is 120 Å². The average Bonchev–Trinajstić information content (AvgIpc) is 2.94. The Bertz CT molecular complexity index is 1150. The normalized spacial score (nSPS) is 23.1. The molecule has 1 saturated heterocycles. The van der Waals surface area contributed by atoms with Gasteiger partial charge in [0.2, 0.25) is 0 Å². The third-order valence-electron chi connectivity index (χ3n) is 6.10. The molecule has 1 aliphatic rings. The Balaban J connectivity index is 1.63. The first kappa shape index (κ1) is 26.8. The second-order valence-corrected chi connectivity index (χ2v) is 9.11. The van der Waals surface area contributed by atoms with Crippen LogP contribution in [0.2, 0.25) is 0 Å². The van der Waals surface area contributed by atoms with Crippen molar-refractivity contribution in [3.63, 3.8) is 0 Å². The van der Waals surface area contributed by atoms with Crippen molar-refractivity contribution in [3.8, 4) is 11.8 Å². The molecular weight excluding hydrogens is 464 g/mol. The number of benzene rings is 3. The summed E-state index contributed by atoms with van der Waals surface area (Å²) in [6, 6.07) is 29.8. The fraction of sp³-hybridized carbons (Fsp3) is 0.312. The molecule has 0 saturated carbocycles. The van der Waals surface area contributed by atoms with Gasteiger partial charge < -0.3 is 24.1 Å². The smallest absolute Gasteiger partial charge is 0.147 e. The Labute approximate surface area is 219 Å². The van der Waals surface area contributed by atoms with Crippen LogP contribution in [-0.2, 0) is 38.8 Å². The second-order valence-electron chi connectivity index (χ2n) is 9.11. The fourth-order valence-electron chi connectivity index (χ4n) is 4.25. The van der Waals surface area contributed by atoms with Gasteiger partial charge in [0.05, 0.1) is 26.4 Å². The van der Waals surface area contributed by atoms with E-state index in [1.54, 1.807) is 0 Å². The van der Waals surface area contributed by atoms with E-state index in [4.69, 9.17) is 18.9 Å². The molecule has 1 heterocycles. The largest absolute Gasteiger partial charge is 0.394 e. The van der Waals surface area contributed by atoms with E-state index in [1.165, 1.54) is 0 Å². The van der Waals surface area contributed by atoms with Crippen LogP contribution in [0.15, 0.2) is 103 Å². The summed E-state index contributed by atoms with van der Waals surface area (Å²) in [6.45, 7) is 6.58. The van der Waals surface area contributed by atoms with Gasteiger partial charge in [-0.15, -0.1) is 0 Å². The second kappa shape index (κ2) is 13.9. The van der Waals surface area contributed by atoms with Crippen molar-refractivity contribution < 1.29 is 24.1 Å². The van der Waals surface area contributed by atoms with Gasteiger partial charge in [0.15, 0.2) is 0 Å². The zero-order valence-electron chi connectivity index (χ0n) is 21.2. The maximum Gasteiger partial charge on any atom is 0.147 e. The lowest BCUT2D eigenvalue weighted by atomic mass is 9.94. The predicted molar refractivity (Wildman–Crippen MR) is 143 cm³/mol. The van der Waals surface area contributed by atoms with Crippen molar-refractivity contribution >= 4 is 0 Å². The molecule has 0 spiro atoms. The molecule has 1 N–H and O–H groups in total. The maximum absolute atomic E-state index is 10.3. The van der Waals surface area contributed by atoms with Gasteiger partial charge in [-0.2, -0.15) is 0 Å². The van der Waals surface area contributed by atoms with E-state index >= 15 is 0 Å². The van der Waals surface area contributed by atoms with Crippen molar-refractivity contribution in [1.82, 2.24) is 0 Å². The lowest BCUT2D eigenvalue weighted by Gasteiger charge is -2.44. The van der Waals surface area contributed by atoms with E-state index < -0.39 is 30.5 Å². The van der Waals surface area contributed by atoms with E-state index in [2.05, 4.69) is 18.4 Å². The van der Waals surface area contributed by atoms with Gasteiger partial charge in [0.1, 0.15) is 30.5 Å². The third-order valence-corrected chi connectivity index (χ3v) is 6.10. The maximum atomic E-state index is 10.3. The average molecular weight is 499 g/mol. The van der Waals surface area contributed by atoms with Crippen molar-refractivity contribution in [2.24, 2.45) is 0 Å². The van der Waals surface area contributed by atoms with Gasteiger partial charge in [-0.25, -0.2) is 0 Å². The van der Waals surface area contributed by atoms with Crippen LogP contribution in [-0.4, -0.2) is 42.2 Å². The Morgan fingerprint density at radius 2 is 1.16 bits per heavy atom. The van der Waals surface area contributed by atoms with Gasteiger partial charge in [0, 0.05) is 0 Å². The highest BCUT2D eigenvalue weighted by atomic mass is 16.6. The molecule has 0 radical (unpaired) electrons. The SMILES string of the molecule is C=C(C)C#C[C@H]1O[C@H](CO)[C@H](OCc2ccccc2)[C@H](OCc2ccccc2)[C@H]1OCc1ccccc1. The van der Waals surface area contributed by atoms with Gasteiger partial charge in [-0.05, 0) is 29.2 Å². The first-order valence-electron chi connectivity index (χ1n) is 12.5. The molecular formula is C32H34O5. The van der Waals surface area contributed by atoms with E-state index in [0.29, 0.717) is 19.8 Å². The Kier molecular flexibility index (Phi) is 10.1. The molecule has 4 rings (SSSR count). The van der Waals surface area contributed by atoms with Gasteiger partial charge >= 0.3 is 0 Å². The molecule has 37 heavy (non-hydrogen) atoms. The summed E-state index contributed by atoms with van der Waals surface area (Å²) in [5.74, 6) is 6.18. The Morgan fingerprint density at radius 3 is 1.59 bits per heavy atom. The van der Waals surface area contributed by atoms with E-state index in [-0.39, 0.29) is 6.61 Å². The summed E-state index contributed by atoms with van der Waals surface area (Å²) in [7, 11) is 0. The number of allylic oxidation sites excluding steroid dienone is 1. The molecule has 1 fully saturated rings. The van der Waals surface area contributed by atoms with Crippen molar-refractivity contribution in [2.45, 2.75) is 57.3 Å². The van der Waals surface area contributed by atoms with Gasteiger partial charge in [-0.3, -0.25) is 0 Å². The Hall–Kier alpha value is -3.24. The zero-order chi connectivity index (χ0) is 25.9. The number of aliphatic hydroxyl groups excluding tert-OH is 1. The highest BCUT2D eigenvalue weighted by Crippen LogP contribution is 2.30. The minimum absolute atomic E-state index is 0.235. The number of aliphatic hydroxyl groups is 1. The van der Waals surface area contributed by atoms with Crippen LogP contribution in [0.1, 0.15) is 23.6 Å². The molecule has 3 aromatic rings. The summed E-state index contributed by atoms with van der Waals surface area (Å²) in [5, 5.41) is 10.3. The first-order valence-corrected chi connectivity index (χ1v) is 12.5. The molecule has 0 amide bonds. The number of hydrogen-bond acceptors (Lipinski definition) is 5. The number of ether oxygens (including phenoxy) is 4. The Morgan fingerprint density at radius 1 is 0.730 bits per heavy atom. The van der Waals surface area contributed by atoms with Crippen LogP contribution >= 0.6 is 0 Å². The van der Waals surface area contributed by atoms with Gasteiger partial charge in [-0.1, -0.05) is 109 Å². The molecule has 192 valence electrons. The molecule has 5 atom stereocenters. The lowest BCUT2D eigenvalue weighted by Crippen LogP contribution is -2.60. The van der Waals surface area contributed by atoms with Crippen LogP contribution in [0, 0.1) is 11.8 Å². The summed E-state index contributed by atoms with van der Waals surface area (Å²) in [5.41, 5.74) is 3.80. The molecule has 0 unspecified atom stereocenters. The lowest BCUT2D eigenvalue weighted by molar-refractivity contribution is -0.258. The number of hydrogen-bond donors (Lipinski definition) is 1. The monoisotopic (exact) mass is 498 g/mol. The number of rotatable bonds is 10. The molecule has 1 aliphatic heterocycles. The third kappa shape index (κ3) is 7.87. The molecule has 0 aliphatic carbocycles. The van der Waals surface area contributed by atoms with Crippen LogP contribution in [0.4, 0.5) is 0 Å². The summed E-state index contributed by atoms with van der Waals surface area (Å²) >= 11 is 0. The fourth-order valence-corrected chi connectivity index (χ4v) is 4.25. The molecule has 5 nitrogen and oxygen atoms in total. The first-order chi connectivity index (χ1) is 18.1. The quantitative estimate of drug-likeness (QED) is 0.395. The predicted octanol–water partition coefficient (Wildman–Crippen LogP) is 5.08. The van der Waals surface area contributed by atoms with Crippen LogP contribution in [0.5, 0.6) is 0 Å². The highest BCUT2D eigenvalue weighted by Gasteiger charge is 2.47. The van der Waals surface area contributed by atoms with Crippen molar-refractivity contribution in [2.75, 3.05) is 6.61 Å². The molecule has 3 aromatic carbocycles. The van der Waals surface area contributed by atoms with E-state index in [9.17, 15) is 5.11 Å². The van der Waals surface area contributed by atoms with Crippen molar-refractivity contribution in [1.29, 1.82) is 0 Å². The molecule has 5 heteroatoms. The topological polar surface area (TPSA) is 57.2 Å². The zero-order valence-corrected chi connectivity index (χ0v) is 21.2. The molecule has 0 aromatic heterocycles.